The molecule has 7 heteroatoms. The number of hydrogen-bond acceptors (Lipinski definition) is 5. The fraction of sp³-hybridized carbons (Fsp3) is 0.556. The number of methoxy groups -OCH3 is 2. The van der Waals surface area contributed by atoms with Crippen LogP contribution in [0.15, 0.2) is 23.6 Å². The summed E-state index contributed by atoms with van der Waals surface area (Å²) in [5, 5.41) is 0. The zero-order chi connectivity index (χ0) is 12.4. The second-order valence-corrected chi connectivity index (χ2v) is 5.41. The monoisotopic (exact) mass is 248 g/mol. The first-order chi connectivity index (χ1) is 7.42. The molecule has 0 radical (unpaired) electrons. The van der Waals surface area contributed by atoms with E-state index < -0.39 is 15.0 Å². The third-order valence-corrected chi connectivity index (χ3v) is 4.42. The maximum atomic E-state index is 11.8. The van der Waals surface area contributed by atoms with Crippen molar-refractivity contribution in [2.24, 2.45) is 5.73 Å². The molecule has 0 saturated carbocycles. The molecule has 1 aliphatic carbocycles. The third-order valence-electron chi connectivity index (χ3n) is 2.52. The van der Waals surface area contributed by atoms with Crippen molar-refractivity contribution < 1.29 is 17.9 Å². The van der Waals surface area contributed by atoms with Gasteiger partial charge in [-0.15, -0.1) is 0 Å². The maximum absolute atomic E-state index is 11.8. The number of hydrogen-bond donors (Lipinski definition) is 2. The molecule has 0 aromatic rings. The Bertz CT molecular complexity index is 427. The van der Waals surface area contributed by atoms with Gasteiger partial charge < -0.3 is 15.2 Å². The molecular weight excluding hydrogens is 232 g/mol. The average Bonchev–Trinajstić information content (AvgIpc) is 2.28. The fourth-order valence-corrected chi connectivity index (χ4v) is 2.68. The molecule has 0 fully saturated rings. The van der Waals surface area contributed by atoms with E-state index in [2.05, 4.69) is 4.72 Å². The van der Waals surface area contributed by atoms with Crippen LogP contribution in [0.5, 0.6) is 0 Å². The van der Waals surface area contributed by atoms with E-state index in [1.54, 1.807) is 6.08 Å². The zero-order valence-electron chi connectivity index (χ0n) is 9.48. The number of nitrogens with one attached hydrogen (secondary N) is 1. The minimum Gasteiger partial charge on any atom is -0.495 e. The number of ether oxygens (including phenoxy) is 2. The summed E-state index contributed by atoms with van der Waals surface area (Å²) in [6, 6.07) is 0. The quantitative estimate of drug-likeness (QED) is 0.710. The molecule has 1 atom stereocenters. The predicted molar refractivity (Wildman–Crippen MR) is 59.7 cm³/mol. The molecule has 0 aromatic heterocycles. The Hall–Kier alpha value is -1.05. The molecule has 0 aromatic carbocycles. The molecular formula is C9H16N2O4S. The van der Waals surface area contributed by atoms with Crippen molar-refractivity contribution in [2.45, 2.75) is 11.4 Å². The summed E-state index contributed by atoms with van der Waals surface area (Å²) >= 11 is 0. The van der Waals surface area contributed by atoms with Crippen LogP contribution in [0, 0.1) is 0 Å². The molecule has 0 heterocycles. The maximum Gasteiger partial charge on any atom is 0.245 e. The summed E-state index contributed by atoms with van der Waals surface area (Å²) in [6.45, 7) is 0. The van der Waals surface area contributed by atoms with E-state index in [-0.39, 0.29) is 12.1 Å². The van der Waals surface area contributed by atoms with Crippen LogP contribution in [0.3, 0.4) is 0 Å². The van der Waals surface area contributed by atoms with Crippen molar-refractivity contribution in [3.63, 3.8) is 0 Å². The van der Waals surface area contributed by atoms with Crippen LogP contribution in [0.2, 0.25) is 0 Å². The van der Waals surface area contributed by atoms with E-state index in [0.717, 1.165) is 0 Å². The summed E-state index contributed by atoms with van der Waals surface area (Å²) in [5.74, 6) is 0.457. The van der Waals surface area contributed by atoms with Gasteiger partial charge in [-0.1, -0.05) is 0 Å². The first-order valence-corrected chi connectivity index (χ1v) is 6.12. The smallest absolute Gasteiger partial charge is 0.245 e. The van der Waals surface area contributed by atoms with Crippen LogP contribution in [-0.4, -0.2) is 34.6 Å². The first-order valence-electron chi connectivity index (χ1n) is 4.63. The Labute approximate surface area is 95.2 Å². The molecule has 3 N–H and O–H groups in total. The lowest BCUT2D eigenvalue weighted by Gasteiger charge is -2.30. The Morgan fingerprint density at radius 3 is 2.50 bits per heavy atom. The zero-order valence-corrected chi connectivity index (χ0v) is 10.3. The van der Waals surface area contributed by atoms with Crippen molar-refractivity contribution in [2.75, 3.05) is 21.3 Å². The molecule has 0 saturated heterocycles. The highest BCUT2D eigenvalue weighted by molar-refractivity contribution is 7.90. The van der Waals surface area contributed by atoms with E-state index in [4.69, 9.17) is 15.2 Å². The van der Waals surface area contributed by atoms with Crippen LogP contribution in [0.4, 0.5) is 0 Å². The average molecular weight is 248 g/mol. The summed E-state index contributed by atoms with van der Waals surface area (Å²) in [5.41, 5.74) is 5.93. The Kier molecular flexibility index (Phi) is 3.61. The molecule has 0 amide bonds. The Balaban J connectivity index is 3.19. The summed E-state index contributed by atoms with van der Waals surface area (Å²) in [7, 11) is 0.498. The van der Waals surface area contributed by atoms with Crippen LogP contribution in [-0.2, 0) is 19.5 Å². The molecule has 0 aliphatic heterocycles. The van der Waals surface area contributed by atoms with Crippen LogP contribution >= 0.6 is 0 Å². The van der Waals surface area contributed by atoms with E-state index in [1.807, 2.05) is 0 Å². The van der Waals surface area contributed by atoms with Gasteiger partial charge in [0, 0.05) is 13.5 Å². The summed E-state index contributed by atoms with van der Waals surface area (Å²) in [6.07, 6.45) is 3.09. The highest BCUT2D eigenvalue weighted by atomic mass is 32.2. The van der Waals surface area contributed by atoms with Crippen molar-refractivity contribution >= 4 is 10.0 Å². The summed E-state index contributed by atoms with van der Waals surface area (Å²) < 4.78 is 36.0. The fourth-order valence-electron chi connectivity index (χ4n) is 1.53. The largest absolute Gasteiger partial charge is 0.495 e. The molecule has 0 spiro atoms. The number of nitrogens with two attached hydrogens (primary N) is 1. The Morgan fingerprint density at radius 1 is 1.50 bits per heavy atom. The summed E-state index contributed by atoms with van der Waals surface area (Å²) in [4.78, 5) is -1.46. The number of sulfonamides is 1. The van der Waals surface area contributed by atoms with Gasteiger partial charge in [0.2, 0.25) is 15.0 Å². The van der Waals surface area contributed by atoms with E-state index in [9.17, 15) is 8.42 Å². The molecule has 1 rings (SSSR count). The van der Waals surface area contributed by atoms with Crippen molar-refractivity contribution in [1.29, 1.82) is 0 Å². The molecule has 6 nitrogen and oxygen atoms in total. The van der Waals surface area contributed by atoms with Gasteiger partial charge >= 0.3 is 0 Å². The molecule has 1 unspecified atom stereocenters. The topological polar surface area (TPSA) is 90.7 Å². The second kappa shape index (κ2) is 4.44. The SMILES string of the molecule is CNS(=O)(=O)C1(OC)C=C(N)C(OC)=CC1. The minimum atomic E-state index is -3.63. The van der Waals surface area contributed by atoms with Gasteiger partial charge in [-0.2, -0.15) is 0 Å². The van der Waals surface area contributed by atoms with Crippen LogP contribution in [0.25, 0.3) is 0 Å². The highest BCUT2D eigenvalue weighted by Crippen LogP contribution is 2.31. The lowest BCUT2D eigenvalue weighted by molar-refractivity contribution is 0.0982. The van der Waals surface area contributed by atoms with Gasteiger partial charge in [0.1, 0.15) is 5.76 Å². The molecule has 1 aliphatic rings. The minimum absolute atomic E-state index is 0.149. The standard InChI is InChI=1S/C9H16N2O4S/c1-11-16(12,13)9(15-3)5-4-8(14-2)7(10)6-9/h4,6,11H,5,10H2,1-3H3. The van der Waals surface area contributed by atoms with E-state index in [1.165, 1.54) is 27.3 Å². The lowest BCUT2D eigenvalue weighted by atomic mass is 10.1. The lowest BCUT2D eigenvalue weighted by Crippen LogP contribution is -2.46. The van der Waals surface area contributed by atoms with Crippen LogP contribution in [0.1, 0.15) is 6.42 Å². The van der Waals surface area contributed by atoms with E-state index in [0.29, 0.717) is 5.76 Å². The van der Waals surface area contributed by atoms with E-state index >= 15 is 0 Å². The highest BCUT2D eigenvalue weighted by Gasteiger charge is 2.43. The van der Waals surface area contributed by atoms with Crippen molar-refractivity contribution in [3.8, 4) is 0 Å². The predicted octanol–water partition coefficient (Wildman–Crippen LogP) is -0.345. The first kappa shape index (κ1) is 13.0. The second-order valence-electron chi connectivity index (χ2n) is 3.30. The molecule has 92 valence electrons. The van der Waals surface area contributed by atoms with Gasteiger partial charge in [0.15, 0.2) is 0 Å². The van der Waals surface area contributed by atoms with Crippen LogP contribution < -0.4 is 10.5 Å². The van der Waals surface area contributed by atoms with Gasteiger partial charge in [-0.3, -0.25) is 0 Å². The third kappa shape index (κ3) is 1.93. The molecule has 0 bridgehead atoms. The van der Waals surface area contributed by atoms with Gasteiger partial charge in [-0.05, 0) is 19.2 Å². The van der Waals surface area contributed by atoms with Crippen molar-refractivity contribution in [3.05, 3.63) is 23.6 Å². The van der Waals surface area contributed by atoms with Crippen molar-refractivity contribution in [1.82, 2.24) is 4.72 Å². The normalized spacial score (nSPS) is 25.9. The number of rotatable bonds is 4. The van der Waals surface area contributed by atoms with Gasteiger partial charge in [0.25, 0.3) is 0 Å². The van der Waals surface area contributed by atoms with Gasteiger partial charge in [0.05, 0.1) is 12.8 Å². The Morgan fingerprint density at radius 2 is 2.12 bits per heavy atom. The van der Waals surface area contributed by atoms with Gasteiger partial charge in [-0.25, -0.2) is 13.1 Å². The molecule has 16 heavy (non-hydrogen) atoms.